The minimum absolute atomic E-state index is 0.00348. The van der Waals surface area contributed by atoms with E-state index >= 15 is 0 Å². The average Bonchev–Trinajstić information content (AvgIpc) is 3.45. The Kier molecular flexibility index (Phi) is 4.27. The summed E-state index contributed by atoms with van der Waals surface area (Å²) >= 11 is 0. The summed E-state index contributed by atoms with van der Waals surface area (Å²) in [5.41, 5.74) is 1.51. The lowest BCUT2D eigenvalue weighted by atomic mass is 10.1. The van der Waals surface area contributed by atoms with Gasteiger partial charge in [0, 0.05) is 12.0 Å². The van der Waals surface area contributed by atoms with Gasteiger partial charge in [-0.1, -0.05) is 17.3 Å². The van der Waals surface area contributed by atoms with E-state index in [1.54, 1.807) is 0 Å². The van der Waals surface area contributed by atoms with Gasteiger partial charge >= 0.3 is 12.1 Å². The molecule has 1 N–H and O–H groups in total. The van der Waals surface area contributed by atoms with Gasteiger partial charge in [0.2, 0.25) is 11.7 Å². The summed E-state index contributed by atoms with van der Waals surface area (Å²) in [6.07, 6.45) is -4.15. The fourth-order valence-electron chi connectivity index (χ4n) is 3.67. The Morgan fingerprint density at radius 3 is 2.65 bits per heavy atom. The van der Waals surface area contributed by atoms with Crippen LogP contribution in [-0.4, -0.2) is 26.0 Å². The van der Waals surface area contributed by atoms with Gasteiger partial charge in [0.25, 0.3) is 0 Å². The SMILES string of the molecule is O=C1CC[C@@H](c2nc3ccccc3[nH]2)N1c1ccc(-c2noc(C(F)(F)F)n2)cc1F. The Morgan fingerprint density at radius 2 is 1.94 bits per heavy atom. The Hall–Kier alpha value is -3.76. The normalized spacial score (nSPS) is 17.1. The highest BCUT2D eigenvalue weighted by molar-refractivity contribution is 5.96. The Balaban J connectivity index is 1.49. The standard InChI is InChI=1S/C20H13F4N5O2/c21-11-9-10(17-27-19(31-28-17)20(22,23)24)5-6-14(11)29-15(7-8-16(29)30)18-25-12-3-1-2-4-13(12)26-18/h1-6,9,15H,7-8H2,(H,25,26)/t15-/m0/s1. The first-order chi connectivity index (χ1) is 14.8. The van der Waals surface area contributed by atoms with E-state index in [9.17, 15) is 22.4 Å². The van der Waals surface area contributed by atoms with Gasteiger partial charge in [-0.2, -0.15) is 18.2 Å². The molecule has 1 amide bonds. The Bertz CT molecular complexity index is 1260. The molecule has 4 aromatic rings. The number of carbonyl (C=O) groups is 1. The second kappa shape index (κ2) is 6.89. The minimum atomic E-state index is -4.80. The quantitative estimate of drug-likeness (QED) is 0.478. The predicted molar refractivity (Wildman–Crippen MR) is 100 cm³/mol. The number of carbonyl (C=O) groups excluding carboxylic acids is 1. The topological polar surface area (TPSA) is 87.9 Å². The number of anilines is 1. The fraction of sp³-hybridized carbons (Fsp3) is 0.200. The van der Waals surface area contributed by atoms with E-state index in [4.69, 9.17) is 0 Å². The zero-order chi connectivity index (χ0) is 21.8. The molecule has 5 rings (SSSR count). The highest BCUT2D eigenvalue weighted by Crippen LogP contribution is 2.39. The molecule has 1 saturated heterocycles. The van der Waals surface area contributed by atoms with Crippen molar-refractivity contribution in [3.05, 3.63) is 60.0 Å². The average molecular weight is 431 g/mol. The molecule has 0 aliphatic carbocycles. The largest absolute Gasteiger partial charge is 0.471 e. The molecule has 0 radical (unpaired) electrons. The van der Waals surface area contributed by atoms with E-state index in [0.717, 1.165) is 17.1 Å². The van der Waals surface area contributed by atoms with Crippen LogP contribution in [0.25, 0.3) is 22.4 Å². The molecule has 1 fully saturated rings. The van der Waals surface area contributed by atoms with Gasteiger partial charge < -0.3 is 9.51 Å². The summed E-state index contributed by atoms with van der Waals surface area (Å²) in [7, 11) is 0. The van der Waals surface area contributed by atoms with Crippen molar-refractivity contribution in [3.63, 3.8) is 0 Å². The third-order valence-electron chi connectivity index (χ3n) is 5.07. The smallest absolute Gasteiger partial charge is 0.340 e. The monoisotopic (exact) mass is 431 g/mol. The van der Waals surface area contributed by atoms with Gasteiger partial charge in [-0.3, -0.25) is 9.69 Å². The van der Waals surface area contributed by atoms with Gasteiger partial charge in [0.15, 0.2) is 0 Å². The minimum Gasteiger partial charge on any atom is -0.340 e. The molecule has 0 bridgehead atoms. The van der Waals surface area contributed by atoms with E-state index < -0.39 is 29.8 Å². The Labute approximate surface area is 171 Å². The number of aromatic amines is 1. The number of H-pyrrole nitrogens is 1. The number of benzene rings is 2. The van der Waals surface area contributed by atoms with Gasteiger partial charge in [0.05, 0.1) is 22.8 Å². The third kappa shape index (κ3) is 3.31. The van der Waals surface area contributed by atoms with Crippen LogP contribution in [-0.2, 0) is 11.0 Å². The summed E-state index contributed by atoms with van der Waals surface area (Å²) in [5.74, 6) is -2.47. The molecule has 1 atom stereocenters. The van der Waals surface area contributed by atoms with Crippen molar-refractivity contribution in [2.75, 3.05) is 4.90 Å². The molecule has 3 heterocycles. The number of alkyl halides is 3. The third-order valence-corrected chi connectivity index (χ3v) is 5.07. The number of nitrogens with zero attached hydrogens (tertiary/aromatic N) is 4. The van der Waals surface area contributed by atoms with Crippen LogP contribution in [0.4, 0.5) is 23.2 Å². The second-order valence-corrected chi connectivity index (χ2v) is 7.04. The lowest BCUT2D eigenvalue weighted by molar-refractivity contribution is -0.159. The summed E-state index contributed by atoms with van der Waals surface area (Å²) in [5, 5.41) is 3.25. The molecule has 31 heavy (non-hydrogen) atoms. The summed E-state index contributed by atoms with van der Waals surface area (Å²) in [6, 6.07) is 10.5. The number of halogens is 4. The molecule has 0 spiro atoms. The number of fused-ring (bicyclic) bond motifs is 1. The van der Waals surface area contributed by atoms with Crippen molar-refractivity contribution in [2.24, 2.45) is 0 Å². The fourth-order valence-corrected chi connectivity index (χ4v) is 3.67. The summed E-state index contributed by atoms with van der Waals surface area (Å²) in [4.78, 5) is 24.8. The second-order valence-electron chi connectivity index (χ2n) is 7.04. The number of para-hydroxylation sites is 2. The van der Waals surface area contributed by atoms with Gasteiger partial charge in [-0.25, -0.2) is 9.37 Å². The number of amides is 1. The van der Waals surface area contributed by atoms with Gasteiger partial charge in [0.1, 0.15) is 11.6 Å². The summed E-state index contributed by atoms with van der Waals surface area (Å²) in [6.45, 7) is 0. The molecule has 2 aromatic carbocycles. The Morgan fingerprint density at radius 1 is 1.13 bits per heavy atom. The van der Waals surface area contributed by atoms with Crippen LogP contribution in [0, 0.1) is 5.82 Å². The van der Waals surface area contributed by atoms with Crippen LogP contribution >= 0.6 is 0 Å². The highest BCUT2D eigenvalue weighted by atomic mass is 19.4. The lowest BCUT2D eigenvalue weighted by Crippen LogP contribution is -2.28. The molecule has 0 unspecified atom stereocenters. The maximum Gasteiger partial charge on any atom is 0.471 e. The van der Waals surface area contributed by atoms with Crippen molar-refractivity contribution in [1.29, 1.82) is 0 Å². The number of rotatable bonds is 3. The highest BCUT2D eigenvalue weighted by Gasteiger charge is 2.39. The van der Waals surface area contributed by atoms with Crippen LogP contribution in [0.2, 0.25) is 0 Å². The van der Waals surface area contributed by atoms with Crippen LogP contribution in [0.1, 0.15) is 30.6 Å². The van der Waals surface area contributed by atoms with E-state index in [1.807, 2.05) is 24.3 Å². The van der Waals surface area contributed by atoms with Crippen LogP contribution in [0.5, 0.6) is 0 Å². The number of hydrogen-bond donors (Lipinski definition) is 1. The van der Waals surface area contributed by atoms with E-state index in [-0.39, 0.29) is 23.6 Å². The van der Waals surface area contributed by atoms with Crippen molar-refractivity contribution >= 4 is 22.6 Å². The van der Waals surface area contributed by atoms with Crippen molar-refractivity contribution in [2.45, 2.75) is 25.1 Å². The predicted octanol–water partition coefficient (Wildman–Crippen LogP) is 4.64. The lowest BCUT2D eigenvalue weighted by Gasteiger charge is -2.24. The molecule has 1 aliphatic heterocycles. The first kappa shape index (κ1) is 19.2. The van der Waals surface area contributed by atoms with Crippen LogP contribution in [0.3, 0.4) is 0 Å². The maximum atomic E-state index is 15.0. The van der Waals surface area contributed by atoms with Gasteiger partial charge in [-0.15, -0.1) is 0 Å². The molecule has 7 nitrogen and oxygen atoms in total. The molecule has 1 aliphatic rings. The number of hydrogen-bond acceptors (Lipinski definition) is 5. The van der Waals surface area contributed by atoms with E-state index in [2.05, 4.69) is 24.6 Å². The first-order valence-corrected chi connectivity index (χ1v) is 9.29. The first-order valence-electron chi connectivity index (χ1n) is 9.29. The van der Waals surface area contributed by atoms with E-state index in [1.165, 1.54) is 17.0 Å². The zero-order valence-electron chi connectivity index (χ0n) is 15.7. The molecular formula is C20H13F4N5O2. The maximum absolute atomic E-state index is 15.0. The molecule has 11 heteroatoms. The van der Waals surface area contributed by atoms with E-state index in [0.29, 0.717) is 12.2 Å². The van der Waals surface area contributed by atoms with Crippen LogP contribution in [0.15, 0.2) is 47.0 Å². The number of nitrogens with one attached hydrogen (secondary N) is 1. The molecule has 2 aromatic heterocycles. The van der Waals surface area contributed by atoms with Gasteiger partial charge in [-0.05, 0) is 36.8 Å². The molecule has 0 saturated carbocycles. The number of imidazole rings is 1. The van der Waals surface area contributed by atoms with Crippen molar-refractivity contribution in [1.82, 2.24) is 20.1 Å². The molecular weight excluding hydrogens is 418 g/mol. The van der Waals surface area contributed by atoms with Crippen molar-refractivity contribution < 1.29 is 26.9 Å². The molecule has 158 valence electrons. The van der Waals surface area contributed by atoms with Crippen molar-refractivity contribution in [3.8, 4) is 11.4 Å². The summed E-state index contributed by atoms with van der Waals surface area (Å²) < 4.78 is 57.1. The zero-order valence-corrected chi connectivity index (χ0v) is 15.7. The van der Waals surface area contributed by atoms with Crippen LogP contribution < -0.4 is 4.90 Å². The number of aromatic nitrogens is 4.